The van der Waals surface area contributed by atoms with Crippen LogP contribution in [0.1, 0.15) is 34.0 Å². The summed E-state index contributed by atoms with van der Waals surface area (Å²) in [5.41, 5.74) is 3.75. The van der Waals surface area contributed by atoms with Gasteiger partial charge in [-0.2, -0.15) is 0 Å². The van der Waals surface area contributed by atoms with Crippen molar-refractivity contribution >= 4 is 5.97 Å². The van der Waals surface area contributed by atoms with Gasteiger partial charge in [-0.15, -0.1) is 0 Å². The van der Waals surface area contributed by atoms with Gasteiger partial charge in [-0.3, -0.25) is 0 Å². The average Bonchev–Trinajstić information content (AvgIpc) is 2.53. The van der Waals surface area contributed by atoms with Crippen molar-refractivity contribution in [2.24, 2.45) is 0 Å². The van der Waals surface area contributed by atoms with Crippen molar-refractivity contribution in [2.45, 2.75) is 26.2 Å². The van der Waals surface area contributed by atoms with Crippen LogP contribution in [0.3, 0.4) is 0 Å². The van der Waals surface area contributed by atoms with Crippen molar-refractivity contribution in [2.75, 3.05) is 7.11 Å². The first-order chi connectivity index (χ1) is 10.1. The van der Waals surface area contributed by atoms with E-state index in [0.717, 1.165) is 36.0 Å². The smallest absolute Gasteiger partial charge is 0.338 e. The van der Waals surface area contributed by atoms with Crippen molar-refractivity contribution in [1.82, 2.24) is 0 Å². The van der Waals surface area contributed by atoms with Crippen LogP contribution in [0, 0.1) is 5.82 Å². The van der Waals surface area contributed by atoms with E-state index in [1.807, 2.05) is 18.2 Å². The molecule has 2 aromatic rings. The maximum Gasteiger partial charge on any atom is 0.338 e. The minimum atomic E-state index is -0.306. The number of carbonyl (C=O) groups is 1. The van der Waals surface area contributed by atoms with Gasteiger partial charge in [-0.1, -0.05) is 31.2 Å². The SMILES string of the molecule is CCc1ccc(CCc2ccc(F)cc2)c(C(=O)OC)c1. The minimum absolute atomic E-state index is 0.235. The molecule has 0 radical (unpaired) electrons. The number of carbonyl (C=O) groups excluding carboxylic acids is 1. The van der Waals surface area contributed by atoms with Gasteiger partial charge in [0.05, 0.1) is 12.7 Å². The summed E-state index contributed by atoms with van der Waals surface area (Å²) in [6.45, 7) is 2.05. The molecule has 0 fully saturated rings. The summed E-state index contributed by atoms with van der Waals surface area (Å²) in [5.74, 6) is -0.541. The first-order valence-corrected chi connectivity index (χ1v) is 7.08. The molecule has 0 aliphatic rings. The first-order valence-electron chi connectivity index (χ1n) is 7.08. The molecule has 110 valence electrons. The highest BCUT2D eigenvalue weighted by Crippen LogP contribution is 2.17. The van der Waals surface area contributed by atoms with E-state index in [9.17, 15) is 9.18 Å². The Kier molecular flexibility index (Phi) is 5.09. The number of hydrogen-bond donors (Lipinski definition) is 0. The minimum Gasteiger partial charge on any atom is -0.465 e. The number of methoxy groups -OCH3 is 1. The van der Waals surface area contributed by atoms with Crippen LogP contribution in [0.2, 0.25) is 0 Å². The second kappa shape index (κ2) is 7.02. The molecule has 0 spiro atoms. The van der Waals surface area contributed by atoms with Gasteiger partial charge < -0.3 is 4.74 Å². The summed E-state index contributed by atoms with van der Waals surface area (Å²) in [6.07, 6.45) is 2.36. The fraction of sp³-hybridized carbons (Fsp3) is 0.278. The molecular weight excluding hydrogens is 267 g/mol. The molecule has 2 aromatic carbocycles. The van der Waals surface area contributed by atoms with E-state index in [1.165, 1.54) is 19.2 Å². The van der Waals surface area contributed by atoms with Crippen LogP contribution in [-0.4, -0.2) is 13.1 Å². The molecule has 0 aromatic heterocycles. The predicted octanol–water partition coefficient (Wildman–Crippen LogP) is 3.96. The van der Waals surface area contributed by atoms with E-state index in [1.54, 1.807) is 12.1 Å². The number of esters is 1. The number of rotatable bonds is 5. The Hall–Kier alpha value is -2.16. The second-order valence-corrected chi connectivity index (χ2v) is 4.96. The lowest BCUT2D eigenvalue weighted by molar-refractivity contribution is 0.0599. The summed E-state index contributed by atoms with van der Waals surface area (Å²) < 4.78 is 17.7. The van der Waals surface area contributed by atoms with Crippen LogP contribution < -0.4 is 0 Å². The molecule has 2 rings (SSSR count). The fourth-order valence-corrected chi connectivity index (χ4v) is 2.29. The molecule has 3 heteroatoms. The van der Waals surface area contributed by atoms with Crippen molar-refractivity contribution < 1.29 is 13.9 Å². The number of benzene rings is 2. The normalized spacial score (nSPS) is 10.4. The lowest BCUT2D eigenvalue weighted by Crippen LogP contribution is -2.07. The molecule has 0 heterocycles. The third kappa shape index (κ3) is 3.91. The Morgan fingerprint density at radius 1 is 1.05 bits per heavy atom. The van der Waals surface area contributed by atoms with Crippen LogP contribution in [0.15, 0.2) is 42.5 Å². The molecular formula is C18H19FO2. The largest absolute Gasteiger partial charge is 0.465 e. The number of ether oxygens (including phenoxy) is 1. The Morgan fingerprint density at radius 2 is 1.71 bits per heavy atom. The van der Waals surface area contributed by atoms with E-state index in [4.69, 9.17) is 4.74 Å². The Morgan fingerprint density at radius 3 is 2.33 bits per heavy atom. The monoisotopic (exact) mass is 286 g/mol. The van der Waals surface area contributed by atoms with Crippen LogP contribution in [0.5, 0.6) is 0 Å². The third-order valence-electron chi connectivity index (χ3n) is 3.58. The highest BCUT2D eigenvalue weighted by Gasteiger charge is 2.12. The maximum atomic E-state index is 12.9. The standard InChI is InChI=1S/C18H19FO2/c1-3-13-4-8-15(17(12-13)18(20)21-2)9-5-14-6-10-16(19)11-7-14/h4,6-8,10-12H,3,5,9H2,1-2H3. The van der Waals surface area contributed by atoms with Crippen LogP contribution in [0.4, 0.5) is 4.39 Å². The van der Waals surface area contributed by atoms with Crippen LogP contribution in [-0.2, 0) is 24.0 Å². The van der Waals surface area contributed by atoms with Gasteiger partial charge in [0, 0.05) is 0 Å². The Balaban J connectivity index is 2.18. The molecule has 0 N–H and O–H groups in total. The van der Waals surface area contributed by atoms with Crippen molar-refractivity contribution in [1.29, 1.82) is 0 Å². The van der Waals surface area contributed by atoms with Gasteiger partial charge in [0.2, 0.25) is 0 Å². The summed E-state index contributed by atoms with van der Waals surface area (Å²) >= 11 is 0. The summed E-state index contributed by atoms with van der Waals surface area (Å²) in [7, 11) is 1.39. The number of halogens is 1. The van der Waals surface area contributed by atoms with Gasteiger partial charge in [0.15, 0.2) is 0 Å². The zero-order valence-electron chi connectivity index (χ0n) is 12.4. The van der Waals surface area contributed by atoms with Crippen molar-refractivity contribution in [3.05, 3.63) is 70.5 Å². The average molecular weight is 286 g/mol. The topological polar surface area (TPSA) is 26.3 Å². The van der Waals surface area contributed by atoms with Gasteiger partial charge >= 0.3 is 5.97 Å². The van der Waals surface area contributed by atoms with Gasteiger partial charge in [-0.25, -0.2) is 9.18 Å². The molecule has 2 nitrogen and oxygen atoms in total. The van der Waals surface area contributed by atoms with Gasteiger partial charge in [0.25, 0.3) is 0 Å². The highest BCUT2D eigenvalue weighted by atomic mass is 19.1. The zero-order chi connectivity index (χ0) is 15.2. The molecule has 0 saturated heterocycles. The van der Waals surface area contributed by atoms with E-state index in [2.05, 4.69) is 6.92 Å². The lowest BCUT2D eigenvalue weighted by Gasteiger charge is -2.10. The predicted molar refractivity (Wildman–Crippen MR) is 81.0 cm³/mol. The number of hydrogen-bond acceptors (Lipinski definition) is 2. The quantitative estimate of drug-likeness (QED) is 0.778. The Bertz CT molecular complexity index is 618. The van der Waals surface area contributed by atoms with Gasteiger partial charge in [0.1, 0.15) is 5.82 Å². The molecule has 21 heavy (non-hydrogen) atoms. The molecule has 0 atom stereocenters. The van der Waals surface area contributed by atoms with E-state index in [-0.39, 0.29) is 11.8 Å². The van der Waals surface area contributed by atoms with Crippen LogP contribution >= 0.6 is 0 Å². The number of aryl methyl sites for hydroxylation is 3. The molecule has 0 bridgehead atoms. The van der Waals surface area contributed by atoms with Crippen LogP contribution in [0.25, 0.3) is 0 Å². The van der Waals surface area contributed by atoms with Gasteiger partial charge in [-0.05, 0) is 54.2 Å². The third-order valence-corrected chi connectivity index (χ3v) is 3.58. The summed E-state index contributed by atoms with van der Waals surface area (Å²) in [6, 6.07) is 12.4. The van der Waals surface area contributed by atoms with E-state index >= 15 is 0 Å². The summed E-state index contributed by atoms with van der Waals surface area (Å²) in [5, 5.41) is 0. The van der Waals surface area contributed by atoms with Crippen molar-refractivity contribution in [3.8, 4) is 0 Å². The Labute approximate surface area is 124 Å². The molecule has 0 saturated carbocycles. The molecule has 0 aliphatic heterocycles. The second-order valence-electron chi connectivity index (χ2n) is 4.96. The lowest BCUT2D eigenvalue weighted by atomic mass is 9.97. The zero-order valence-corrected chi connectivity index (χ0v) is 12.4. The summed E-state index contributed by atoms with van der Waals surface area (Å²) in [4.78, 5) is 11.9. The molecule has 0 aliphatic carbocycles. The van der Waals surface area contributed by atoms with E-state index in [0.29, 0.717) is 5.56 Å². The molecule has 0 unspecified atom stereocenters. The van der Waals surface area contributed by atoms with E-state index < -0.39 is 0 Å². The first kappa shape index (κ1) is 15.2. The molecule has 0 amide bonds. The van der Waals surface area contributed by atoms with Crippen molar-refractivity contribution in [3.63, 3.8) is 0 Å². The fourth-order valence-electron chi connectivity index (χ4n) is 2.29. The maximum absolute atomic E-state index is 12.9. The highest BCUT2D eigenvalue weighted by molar-refractivity contribution is 5.91.